The van der Waals surface area contributed by atoms with Crippen molar-refractivity contribution in [3.05, 3.63) is 34.9 Å². The highest BCUT2D eigenvalue weighted by Crippen LogP contribution is 2.23. The predicted molar refractivity (Wildman–Crippen MR) is 74.7 cm³/mol. The highest BCUT2D eigenvalue weighted by atomic mass is 16.5. The van der Waals surface area contributed by atoms with Crippen LogP contribution >= 0.6 is 0 Å². The Kier molecular flexibility index (Phi) is 5.17. The van der Waals surface area contributed by atoms with Crippen molar-refractivity contribution in [3.63, 3.8) is 0 Å². The summed E-state index contributed by atoms with van der Waals surface area (Å²) in [6, 6.07) is 6.94. The lowest BCUT2D eigenvalue weighted by molar-refractivity contribution is 0.146. The lowest BCUT2D eigenvalue weighted by Crippen LogP contribution is -2.32. The summed E-state index contributed by atoms with van der Waals surface area (Å²) in [7, 11) is 1.75. The van der Waals surface area contributed by atoms with Crippen molar-refractivity contribution >= 4 is 0 Å². The number of methoxy groups -OCH3 is 1. The Morgan fingerprint density at radius 1 is 1.22 bits per heavy atom. The molecule has 0 atom stereocenters. The first-order valence-electron chi connectivity index (χ1n) is 6.85. The molecule has 1 aliphatic rings. The predicted octanol–water partition coefficient (Wildman–Crippen LogP) is 1.58. The molecule has 0 unspecified atom stereocenters. The summed E-state index contributed by atoms with van der Waals surface area (Å²) >= 11 is 0. The fraction of sp³-hybridized carbons (Fsp3) is 0.600. The average molecular weight is 248 g/mol. The van der Waals surface area contributed by atoms with Gasteiger partial charge in [-0.2, -0.15) is 0 Å². The SMILES string of the molecule is COCCN(CCN)Cc1ccc2c(c1)CCC2. The summed E-state index contributed by atoms with van der Waals surface area (Å²) in [6.45, 7) is 4.33. The zero-order chi connectivity index (χ0) is 12.8. The zero-order valence-electron chi connectivity index (χ0n) is 11.3. The third kappa shape index (κ3) is 3.55. The molecule has 2 rings (SSSR count). The number of benzene rings is 1. The van der Waals surface area contributed by atoms with Gasteiger partial charge in [-0.15, -0.1) is 0 Å². The molecule has 0 radical (unpaired) electrons. The van der Waals surface area contributed by atoms with Crippen LogP contribution in [0.2, 0.25) is 0 Å². The van der Waals surface area contributed by atoms with Gasteiger partial charge < -0.3 is 10.5 Å². The monoisotopic (exact) mass is 248 g/mol. The number of aryl methyl sites for hydroxylation is 2. The van der Waals surface area contributed by atoms with Crippen molar-refractivity contribution in [1.82, 2.24) is 4.90 Å². The third-order valence-corrected chi connectivity index (χ3v) is 3.63. The number of nitrogens with zero attached hydrogens (tertiary/aromatic N) is 1. The van der Waals surface area contributed by atoms with E-state index in [0.717, 1.165) is 26.2 Å². The Morgan fingerprint density at radius 2 is 2.06 bits per heavy atom. The van der Waals surface area contributed by atoms with Gasteiger partial charge in [-0.25, -0.2) is 0 Å². The maximum absolute atomic E-state index is 5.66. The number of hydrogen-bond acceptors (Lipinski definition) is 3. The Balaban J connectivity index is 1.97. The van der Waals surface area contributed by atoms with Gasteiger partial charge >= 0.3 is 0 Å². The molecule has 0 heterocycles. The maximum atomic E-state index is 5.66. The molecule has 0 bridgehead atoms. The fourth-order valence-electron chi connectivity index (χ4n) is 2.65. The molecular weight excluding hydrogens is 224 g/mol. The summed E-state index contributed by atoms with van der Waals surface area (Å²) in [5, 5.41) is 0. The van der Waals surface area contributed by atoms with E-state index in [1.54, 1.807) is 18.2 Å². The van der Waals surface area contributed by atoms with Gasteiger partial charge in [-0.1, -0.05) is 18.2 Å². The van der Waals surface area contributed by atoms with E-state index in [-0.39, 0.29) is 0 Å². The summed E-state index contributed by atoms with van der Waals surface area (Å²) in [5.41, 5.74) is 10.2. The normalized spacial score (nSPS) is 14.2. The first-order valence-corrected chi connectivity index (χ1v) is 6.85. The highest BCUT2D eigenvalue weighted by Gasteiger charge is 2.12. The van der Waals surface area contributed by atoms with Crippen LogP contribution in [-0.4, -0.2) is 38.3 Å². The first kappa shape index (κ1) is 13.5. The van der Waals surface area contributed by atoms with Gasteiger partial charge in [0.25, 0.3) is 0 Å². The standard InChI is InChI=1S/C15H24N2O/c1-18-10-9-17(8-7-16)12-13-5-6-14-3-2-4-15(14)11-13/h5-6,11H,2-4,7-10,12,16H2,1H3. The van der Waals surface area contributed by atoms with Gasteiger partial charge in [0.15, 0.2) is 0 Å². The Bertz CT molecular complexity index is 379. The number of fused-ring (bicyclic) bond motifs is 1. The van der Waals surface area contributed by atoms with Crippen LogP contribution in [-0.2, 0) is 24.1 Å². The molecular formula is C15H24N2O. The fourth-order valence-corrected chi connectivity index (χ4v) is 2.65. The molecule has 0 amide bonds. The van der Waals surface area contributed by atoms with E-state index < -0.39 is 0 Å². The second kappa shape index (κ2) is 6.88. The Hall–Kier alpha value is -0.900. The van der Waals surface area contributed by atoms with Gasteiger partial charge in [-0.05, 0) is 36.0 Å². The van der Waals surface area contributed by atoms with E-state index in [2.05, 4.69) is 23.1 Å². The number of rotatable bonds is 7. The maximum Gasteiger partial charge on any atom is 0.0589 e. The molecule has 0 aliphatic heterocycles. The van der Waals surface area contributed by atoms with E-state index in [1.807, 2.05) is 0 Å². The average Bonchev–Trinajstić information content (AvgIpc) is 2.83. The van der Waals surface area contributed by atoms with Crippen molar-refractivity contribution in [3.8, 4) is 0 Å². The van der Waals surface area contributed by atoms with Crippen molar-refractivity contribution in [1.29, 1.82) is 0 Å². The summed E-state index contributed by atoms with van der Waals surface area (Å²) in [4.78, 5) is 2.36. The van der Waals surface area contributed by atoms with Gasteiger partial charge in [0.2, 0.25) is 0 Å². The number of hydrogen-bond donors (Lipinski definition) is 1. The molecule has 1 aromatic rings. The topological polar surface area (TPSA) is 38.5 Å². The minimum absolute atomic E-state index is 0.703. The summed E-state index contributed by atoms with van der Waals surface area (Å²) in [6.07, 6.45) is 3.82. The lowest BCUT2D eigenvalue weighted by Gasteiger charge is -2.21. The Labute approximate surface area is 110 Å². The molecule has 100 valence electrons. The molecule has 2 N–H and O–H groups in total. The second-order valence-corrected chi connectivity index (χ2v) is 5.01. The minimum atomic E-state index is 0.703. The van der Waals surface area contributed by atoms with Gasteiger partial charge in [0, 0.05) is 33.3 Å². The number of nitrogens with two attached hydrogens (primary N) is 1. The van der Waals surface area contributed by atoms with Crippen molar-refractivity contribution in [2.75, 3.05) is 33.4 Å². The van der Waals surface area contributed by atoms with Crippen LogP contribution in [0.3, 0.4) is 0 Å². The first-order chi connectivity index (χ1) is 8.83. The van der Waals surface area contributed by atoms with Crippen molar-refractivity contribution in [2.45, 2.75) is 25.8 Å². The third-order valence-electron chi connectivity index (χ3n) is 3.63. The van der Waals surface area contributed by atoms with Crippen LogP contribution in [0.4, 0.5) is 0 Å². The Morgan fingerprint density at radius 3 is 2.83 bits per heavy atom. The van der Waals surface area contributed by atoms with Crippen LogP contribution in [0, 0.1) is 0 Å². The van der Waals surface area contributed by atoms with Gasteiger partial charge in [0.05, 0.1) is 6.61 Å². The van der Waals surface area contributed by atoms with E-state index in [1.165, 1.54) is 24.8 Å². The van der Waals surface area contributed by atoms with Crippen molar-refractivity contribution < 1.29 is 4.74 Å². The highest BCUT2D eigenvalue weighted by molar-refractivity contribution is 5.35. The van der Waals surface area contributed by atoms with Crippen molar-refractivity contribution in [2.24, 2.45) is 5.73 Å². The van der Waals surface area contributed by atoms with E-state index in [0.29, 0.717) is 6.54 Å². The lowest BCUT2D eigenvalue weighted by atomic mass is 10.1. The molecule has 0 spiro atoms. The van der Waals surface area contributed by atoms with Crippen LogP contribution in [0.15, 0.2) is 18.2 Å². The van der Waals surface area contributed by atoms with E-state index in [4.69, 9.17) is 10.5 Å². The zero-order valence-corrected chi connectivity index (χ0v) is 11.3. The van der Waals surface area contributed by atoms with Crippen LogP contribution in [0.1, 0.15) is 23.1 Å². The molecule has 0 aromatic heterocycles. The smallest absolute Gasteiger partial charge is 0.0589 e. The van der Waals surface area contributed by atoms with E-state index >= 15 is 0 Å². The van der Waals surface area contributed by atoms with Gasteiger partial charge in [-0.3, -0.25) is 4.90 Å². The minimum Gasteiger partial charge on any atom is -0.383 e. The molecule has 0 fully saturated rings. The largest absolute Gasteiger partial charge is 0.383 e. The molecule has 18 heavy (non-hydrogen) atoms. The van der Waals surface area contributed by atoms with Gasteiger partial charge in [0.1, 0.15) is 0 Å². The number of ether oxygens (including phenoxy) is 1. The molecule has 1 aliphatic carbocycles. The molecule has 1 aromatic carbocycles. The molecule has 3 nitrogen and oxygen atoms in total. The van der Waals surface area contributed by atoms with E-state index in [9.17, 15) is 0 Å². The molecule has 3 heteroatoms. The second-order valence-electron chi connectivity index (χ2n) is 5.01. The van der Waals surface area contributed by atoms with Crippen LogP contribution < -0.4 is 5.73 Å². The molecule has 0 saturated heterocycles. The quantitative estimate of drug-likeness (QED) is 0.796. The molecule has 0 saturated carbocycles. The summed E-state index contributed by atoms with van der Waals surface area (Å²) in [5.74, 6) is 0. The summed E-state index contributed by atoms with van der Waals surface area (Å²) < 4.78 is 5.15. The van der Waals surface area contributed by atoms with Crippen LogP contribution in [0.5, 0.6) is 0 Å². The van der Waals surface area contributed by atoms with Crippen LogP contribution in [0.25, 0.3) is 0 Å².